The van der Waals surface area contributed by atoms with Crippen LogP contribution in [0.1, 0.15) is 69.2 Å². The Morgan fingerprint density at radius 1 is 0.500 bits per heavy atom. The van der Waals surface area contributed by atoms with Crippen LogP contribution in [0.25, 0.3) is 0 Å². The van der Waals surface area contributed by atoms with Crippen molar-refractivity contribution in [1.82, 2.24) is 0 Å². The average molecular weight is 320 g/mol. The van der Waals surface area contributed by atoms with Gasteiger partial charge in [-0.1, -0.05) is 11.8 Å². The van der Waals surface area contributed by atoms with E-state index in [-0.39, 0.29) is 11.2 Å². The lowest BCUT2D eigenvalue weighted by molar-refractivity contribution is -0.386. The summed E-state index contributed by atoms with van der Waals surface area (Å²) in [6, 6.07) is 0. The highest BCUT2D eigenvalue weighted by Gasteiger charge is 2.25. The van der Waals surface area contributed by atoms with Crippen molar-refractivity contribution in [3.8, 4) is 11.8 Å². The van der Waals surface area contributed by atoms with Crippen LogP contribution in [0.3, 0.4) is 0 Å². The summed E-state index contributed by atoms with van der Waals surface area (Å²) in [6.45, 7) is 18.9. The Labute approximate surface area is 134 Å². The van der Waals surface area contributed by atoms with E-state index < -0.39 is 11.2 Å². The van der Waals surface area contributed by atoms with E-state index in [2.05, 4.69) is 11.8 Å². The maximum Gasteiger partial charge on any atom is 0.158 e. The maximum atomic E-state index is 6.00. The molecule has 0 atom stereocenters. The fraction of sp³-hybridized carbons (Fsp3) is 0.875. The molecule has 132 valence electrons. The van der Waals surface area contributed by atoms with Crippen LogP contribution in [-0.4, -0.2) is 32.9 Å². The molecule has 0 aliphatic heterocycles. The molecule has 0 spiro atoms. The first-order valence-corrected chi connectivity index (χ1v) is 7.10. The van der Waals surface area contributed by atoms with Gasteiger partial charge in [-0.15, -0.1) is 0 Å². The molecule has 22 heavy (non-hydrogen) atoms. The van der Waals surface area contributed by atoms with E-state index in [4.69, 9.17) is 30.1 Å². The van der Waals surface area contributed by atoms with Crippen molar-refractivity contribution in [3.05, 3.63) is 0 Å². The Morgan fingerprint density at radius 3 is 0.909 bits per heavy atom. The molecule has 0 amide bonds. The fourth-order valence-electron chi connectivity index (χ4n) is 0.801. The van der Waals surface area contributed by atoms with Crippen LogP contribution in [0.2, 0.25) is 0 Å². The average Bonchev–Trinajstić information content (AvgIpc) is 2.34. The second-order valence-corrected chi connectivity index (χ2v) is 7.83. The molecule has 0 aliphatic carbocycles. The van der Waals surface area contributed by atoms with Crippen LogP contribution in [-0.2, 0) is 19.6 Å². The van der Waals surface area contributed by atoms with Crippen molar-refractivity contribution in [2.75, 3.05) is 0 Å². The lowest BCUT2D eigenvalue weighted by atomic mass is 10.1. The monoisotopic (exact) mass is 320 g/mol. The van der Waals surface area contributed by atoms with Gasteiger partial charge in [-0.3, -0.25) is 10.5 Å². The third-order valence-corrected chi connectivity index (χ3v) is 1.66. The molecule has 0 rings (SSSR count). The van der Waals surface area contributed by atoms with Gasteiger partial charge in [0, 0.05) is 0 Å². The summed E-state index contributed by atoms with van der Waals surface area (Å²) in [5.41, 5.74) is -2.20. The molecule has 0 fully saturated rings. The molecule has 0 aromatic carbocycles. The zero-order valence-corrected chi connectivity index (χ0v) is 15.5. The standard InChI is InChI=1S/C16H30O4.H2O2/c1-13(2,3)17-19-15(7,8)11-12-16(9,10)20-18-14(4,5)6;1-2/h1-10H3;1-2H. The fourth-order valence-corrected chi connectivity index (χ4v) is 0.801. The lowest BCUT2D eigenvalue weighted by Gasteiger charge is -2.26. The van der Waals surface area contributed by atoms with E-state index in [0.29, 0.717) is 0 Å². The Bertz CT molecular complexity index is 329. The van der Waals surface area contributed by atoms with Crippen LogP contribution in [0.15, 0.2) is 0 Å². The van der Waals surface area contributed by atoms with E-state index in [1.807, 2.05) is 69.2 Å². The highest BCUT2D eigenvalue weighted by atomic mass is 17.2. The molecule has 6 nitrogen and oxygen atoms in total. The minimum atomic E-state index is -0.727. The van der Waals surface area contributed by atoms with Crippen LogP contribution < -0.4 is 0 Å². The van der Waals surface area contributed by atoms with Crippen molar-refractivity contribution in [3.63, 3.8) is 0 Å². The quantitative estimate of drug-likeness (QED) is 0.462. The summed E-state index contributed by atoms with van der Waals surface area (Å²) in [4.78, 5) is 21.3. The molecule has 0 aromatic rings. The summed E-state index contributed by atoms with van der Waals surface area (Å²) in [6.07, 6.45) is 0. The second-order valence-electron chi connectivity index (χ2n) is 7.83. The molecule has 0 bridgehead atoms. The van der Waals surface area contributed by atoms with Gasteiger partial charge in [0.15, 0.2) is 11.2 Å². The van der Waals surface area contributed by atoms with E-state index in [1.54, 1.807) is 0 Å². The van der Waals surface area contributed by atoms with Crippen LogP contribution in [0.5, 0.6) is 0 Å². The maximum absolute atomic E-state index is 6.00. The number of hydrogen-bond acceptors (Lipinski definition) is 6. The third-order valence-electron chi connectivity index (χ3n) is 1.66. The molecule has 2 N–H and O–H groups in total. The van der Waals surface area contributed by atoms with Gasteiger partial charge >= 0.3 is 0 Å². The van der Waals surface area contributed by atoms with Gasteiger partial charge < -0.3 is 0 Å². The van der Waals surface area contributed by atoms with Crippen molar-refractivity contribution >= 4 is 0 Å². The predicted molar refractivity (Wildman–Crippen MR) is 85.0 cm³/mol. The number of hydrogen-bond donors (Lipinski definition) is 2. The van der Waals surface area contributed by atoms with Gasteiger partial charge in [-0.05, 0) is 69.2 Å². The molecular weight excluding hydrogens is 288 g/mol. The first-order valence-electron chi connectivity index (χ1n) is 7.10. The lowest BCUT2D eigenvalue weighted by Crippen LogP contribution is -2.32. The molecule has 0 radical (unpaired) electrons. The summed E-state index contributed by atoms with van der Waals surface area (Å²) < 4.78 is 0. The normalized spacial score (nSPS) is 12.9. The Morgan fingerprint density at radius 2 is 0.727 bits per heavy atom. The van der Waals surface area contributed by atoms with Gasteiger partial charge in [0.25, 0.3) is 0 Å². The Hall–Kier alpha value is -0.680. The molecule has 6 heteroatoms. The van der Waals surface area contributed by atoms with Gasteiger partial charge in [-0.25, -0.2) is 19.6 Å². The van der Waals surface area contributed by atoms with Crippen molar-refractivity contribution < 1.29 is 30.1 Å². The van der Waals surface area contributed by atoms with Crippen molar-refractivity contribution in [2.24, 2.45) is 0 Å². The summed E-state index contributed by atoms with van der Waals surface area (Å²) in [5, 5.41) is 12.0. The smallest absolute Gasteiger partial charge is 0.158 e. The van der Waals surface area contributed by atoms with E-state index in [9.17, 15) is 0 Å². The molecule has 0 heterocycles. The van der Waals surface area contributed by atoms with Crippen LogP contribution >= 0.6 is 0 Å². The van der Waals surface area contributed by atoms with E-state index in [1.165, 1.54) is 0 Å². The highest BCUT2D eigenvalue weighted by molar-refractivity contribution is 5.17. The first kappa shape index (κ1) is 23.6. The molecule has 0 saturated heterocycles. The first-order chi connectivity index (χ1) is 9.62. The minimum Gasteiger partial charge on any atom is -0.255 e. The SMILES string of the molecule is CC(C)(C)OOC(C)(C)C#CC(C)(C)OOC(C)(C)C.OO. The van der Waals surface area contributed by atoms with Gasteiger partial charge in [-0.2, -0.15) is 0 Å². The predicted octanol–water partition coefficient (Wildman–Crippen LogP) is 4.06. The highest BCUT2D eigenvalue weighted by Crippen LogP contribution is 2.18. The van der Waals surface area contributed by atoms with E-state index in [0.717, 1.165) is 0 Å². The van der Waals surface area contributed by atoms with E-state index >= 15 is 0 Å². The molecule has 0 aromatic heterocycles. The summed E-state index contributed by atoms with van der Waals surface area (Å²) in [7, 11) is 0. The van der Waals surface area contributed by atoms with Gasteiger partial charge in [0.05, 0.1) is 11.2 Å². The molecule has 0 unspecified atom stereocenters. The molecule has 0 aliphatic rings. The molecular formula is C16H32O6. The minimum absolute atomic E-state index is 0.375. The number of rotatable bonds is 4. The van der Waals surface area contributed by atoms with Crippen molar-refractivity contribution in [2.45, 2.75) is 91.6 Å². The van der Waals surface area contributed by atoms with Crippen molar-refractivity contribution in [1.29, 1.82) is 0 Å². The zero-order chi connectivity index (χ0) is 18.2. The topological polar surface area (TPSA) is 77.4 Å². The zero-order valence-electron chi connectivity index (χ0n) is 15.5. The van der Waals surface area contributed by atoms with Crippen LogP contribution in [0, 0.1) is 11.8 Å². The van der Waals surface area contributed by atoms with Crippen LogP contribution in [0.4, 0.5) is 0 Å². The van der Waals surface area contributed by atoms with Gasteiger partial charge in [0.2, 0.25) is 0 Å². The largest absolute Gasteiger partial charge is 0.255 e. The summed E-state index contributed by atoms with van der Waals surface area (Å²) >= 11 is 0. The molecule has 0 saturated carbocycles. The Balaban J connectivity index is 0. The Kier molecular flexibility index (Phi) is 9.46. The third kappa shape index (κ3) is 15.7. The van der Waals surface area contributed by atoms with Gasteiger partial charge in [0.1, 0.15) is 0 Å². The summed E-state index contributed by atoms with van der Waals surface area (Å²) in [5.74, 6) is 6.01. The second kappa shape index (κ2) is 8.82.